The van der Waals surface area contributed by atoms with Crippen LogP contribution in [0.5, 0.6) is 0 Å². The number of hydrogen-bond donors (Lipinski definition) is 3. The van der Waals surface area contributed by atoms with E-state index in [2.05, 4.69) is 10.6 Å². The minimum absolute atomic E-state index is 0.0706. The molecule has 0 radical (unpaired) electrons. The molecule has 0 unspecified atom stereocenters. The molecule has 0 aliphatic rings. The molecule has 5 nitrogen and oxygen atoms in total. The largest absolute Gasteiger partial charge is 0.396 e. The number of nitrogens with two attached hydrogens (primary N) is 1. The van der Waals surface area contributed by atoms with Gasteiger partial charge in [-0.1, -0.05) is 6.07 Å². The molecule has 1 aromatic rings. The van der Waals surface area contributed by atoms with E-state index in [1.165, 1.54) is 18.2 Å². The number of carbonyl (C=O) groups is 2. The summed E-state index contributed by atoms with van der Waals surface area (Å²) in [6.07, 6.45) is 0.151. The van der Waals surface area contributed by atoms with Crippen molar-refractivity contribution in [2.24, 2.45) is 0 Å². The maximum Gasteiger partial charge on any atom is 0.253 e. The van der Waals surface area contributed by atoms with E-state index in [-0.39, 0.29) is 35.7 Å². The van der Waals surface area contributed by atoms with Gasteiger partial charge in [-0.05, 0) is 32.9 Å². The van der Waals surface area contributed by atoms with Crippen molar-refractivity contribution in [1.29, 1.82) is 0 Å². The molecule has 2 amide bonds. The molecule has 0 atom stereocenters. The molecule has 0 aliphatic carbocycles. The molecular formula is C14H20FN3O2. The maximum atomic E-state index is 13.2. The van der Waals surface area contributed by atoms with Crippen molar-refractivity contribution in [2.45, 2.75) is 32.7 Å². The third kappa shape index (κ3) is 4.87. The van der Waals surface area contributed by atoms with E-state index in [0.29, 0.717) is 0 Å². The number of anilines is 1. The van der Waals surface area contributed by atoms with Crippen LogP contribution in [0.1, 0.15) is 37.6 Å². The molecule has 6 heteroatoms. The van der Waals surface area contributed by atoms with Crippen LogP contribution < -0.4 is 16.4 Å². The summed E-state index contributed by atoms with van der Waals surface area (Å²) in [5, 5.41) is 5.32. The van der Waals surface area contributed by atoms with Gasteiger partial charge in [0.25, 0.3) is 5.91 Å². The SMILES string of the molecule is CC(C)(C)NC(=O)CCNC(=O)c1cccc(F)c1N. The van der Waals surface area contributed by atoms with Crippen LogP contribution in [0, 0.1) is 5.82 Å². The van der Waals surface area contributed by atoms with Crippen LogP contribution in [-0.2, 0) is 4.79 Å². The second-order valence-electron chi connectivity index (χ2n) is 5.51. The summed E-state index contributed by atoms with van der Waals surface area (Å²) in [6.45, 7) is 5.78. The number of halogens is 1. The smallest absolute Gasteiger partial charge is 0.253 e. The van der Waals surface area contributed by atoms with Crippen LogP contribution in [0.25, 0.3) is 0 Å². The molecular weight excluding hydrogens is 261 g/mol. The summed E-state index contributed by atoms with van der Waals surface area (Å²) in [7, 11) is 0. The van der Waals surface area contributed by atoms with Gasteiger partial charge < -0.3 is 16.4 Å². The summed E-state index contributed by atoms with van der Waals surface area (Å²) < 4.78 is 13.2. The highest BCUT2D eigenvalue weighted by Crippen LogP contribution is 2.15. The number of amides is 2. The number of hydrogen-bond acceptors (Lipinski definition) is 3. The van der Waals surface area contributed by atoms with Crippen LogP contribution >= 0.6 is 0 Å². The Morgan fingerprint density at radius 1 is 1.30 bits per heavy atom. The summed E-state index contributed by atoms with van der Waals surface area (Å²) >= 11 is 0. The van der Waals surface area contributed by atoms with Gasteiger partial charge in [-0.15, -0.1) is 0 Å². The van der Waals surface area contributed by atoms with Crippen LogP contribution in [0.4, 0.5) is 10.1 Å². The van der Waals surface area contributed by atoms with Crippen LogP contribution in [0.15, 0.2) is 18.2 Å². The highest BCUT2D eigenvalue weighted by atomic mass is 19.1. The minimum atomic E-state index is -0.636. The number of benzene rings is 1. The van der Waals surface area contributed by atoms with Crippen molar-refractivity contribution >= 4 is 17.5 Å². The van der Waals surface area contributed by atoms with Gasteiger partial charge in [0.1, 0.15) is 5.82 Å². The minimum Gasteiger partial charge on any atom is -0.396 e. The topological polar surface area (TPSA) is 84.2 Å². The molecule has 0 spiro atoms. The number of carbonyl (C=O) groups excluding carboxylic acids is 2. The van der Waals surface area contributed by atoms with E-state index in [4.69, 9.17) is 5.73 Å². The van der Waals surface area contributed by atoms with Crippen molar-refractivity contribution in [3.63, 3.8) is 0 Å². The molecule has 0 saturated carbocycles. The lowest BCUT2D eigenvalue weighted by Gasteiger charge is -2.20. The lowest BCUT2D eigenvalue weighted by molar-refractivity contribution is -0.122. The summed E-state index contributed by atoms with van der Waals surface area (Å²) in [5.41, 5.74) is 5.05. The van der Waals surface area contributed by atoms with Crippen molar-refractivity contribution in [2.75, 3.05) is 12.3 Å². The number of rotatable bonds is 4. The fourth-order valence-corrected chi connectivity index (χ4v) is 1.60. The number of nitrogen functional groups attached to an aromatic ring is 1. The molecule has 1 rings (SSSR count). The first-order chi connectivity index (χ1) is 9.20. The van der Waals surface area contributed by atoms with Gasteiger partial charge in [-0.2, -0.15) is 0 Å². The Balaban J connectivity index is 2.48. The van der Waals surface area contributed by atoms with E-state index in [1.54, 1.807) is 0 Å². The quantitative estimate of drug-likeness (QED) is 0.730. The van der Waals surface area contributed by atoms with Gasteiger partial charge >= 0.3 is 0 Å². The molecule has 0 fully saturated rings. The Kier molecular flexibility index (Phi) is 5.07. The zero-order valence-electron chi connectivity index (χ0n) is 11.9. The van der Waals surface area contributed by atoms with E-state index in [1.807, 2.05) is 20.8 Å². The summed E-state index contributed by atoms with van der Waals surface area (Å²) in [5.74, 6) is -1.29. The van der Waals surface area contributed by atoms with E-state index >= 15 is 0 Å². The predicted molar refractivity (Wildman–Crippen MR) is 75.7 cm³/mol. The third-order valence-electron chi connectivity index (χ3n) is 2.45. The molecule has 1 aromatic carbocycles. The lowest BCUT2D eigenvalue weighted by Crippen LogP contribution is -2.42. The molecule has 0 heterocycles. The average molecular weight is 281 g/mol. The average Bonchev–Trinajstić information content (AvgIpc) is 2.30. The molecule has 0 saturated heterocycles. The van der Waals surface area contributed by atoms with Gasteiger partial charge in [0.05, 0.1) is 11.3 Å². The normalized spacial score (nSPS) is 11.0. The van der Waals surface area contributed by atoms with E-state index < -0.39 is 11.7 Å². The monoisotopic (exact) mass is 281 g/mol. The maximum absolute atomic E-state index is 13.2. The molecule has 0 aliphatic heterocycles. The second kappa shape index (κ2) is 6.36. The van der Waals surface area contributed by atoms with Crippen LogP contribution in [0.3, 0.4) is 0 Å². The molecule has 0 aromatic heterocycles. The molecule has 0 bridgehead atoms. The van der Waals surface area contributed by atoms with Crippen molar-refractivity contribution in [3.8, 4) is 0 Å². The van der Waals surface area contributed by atoms with Crippen molar-refractivity contribution in [1.82, 2.24) is 10.6 Å². The zero-order chi connectivity index (χ0) is 15.3. The van der Waals surface area contributed by atoms with Gasteiger partial charge in [0.15, 0.2) is 0 Å². The summed E-state index contributed by atoms with van der Waals surface area (Å²) in [4.78, 5) is 23.3. The highest BCUT2D eigenvalue weighted by Gasteiger charge is 2.15. The molecule has 20 heavy (non-hydrogen) atoms. The second-order valence-corrected chi connectivity index (χ2v) is 5.51. The Morgan fingerprint density at radius 3 is 2.55 bits per heavy atom. The van der Waals surface area contributed by atoms with Crippen molar-refractivity contribution < 1.29 is 14.0 Å². The number of para-hydroxylation sites is 1. The lowest BCUT2D eigenvalue weighted by atomic mass is 10.1. The van der Waals surface area contributed by atoms with Gasteiger partial charge in [0, 0.05) is 18.5 Å². The van der Waals surface area contributed by atoms with Crippen LogP contribution in [0.2, 0.25) is 0 Å². The van der Waals surface area contributed by atoms with Crippen molar-refractivity contribution in [3.05, 3.63) is 29.6 Å². The standard InChI is InChI=1S/C14H20FN3O2/c1-14(2,3)18-11(19)7-8-17-13(20)9-5-4-6-10(15)12(9)16/h4-6H,7-8,16H2,1-3H3,(H,17,20)(H,18,19). The van der Waals surface area contributed by atoms with Gasteiger partial charge in [-0.25, -0.2) is 4.39 Å². The highest BCUT2D eigenvalue weighted by molar-refractivity contribution is 5.99. The Morgan fingerprint density at radius 2 is 1.95 bits per heavy atom. The van der Waals surface area contributed by atoms with E-state index in [9.17, 15) is 14.0 Å². The zero-order valence-corrected chi connectivity index (χ0v) is 11.9. The number of nitrogens with one attached hydrogen (secondary N) is 2. The third-order valence-corrected chi connectivity index (χ3v) is 2.45. The molecule has 4 N–H and O–H groups in total. The van der Waals surface area contributed by atoms with Gasteiger partial charge in [0.2, 0.25) is 5.91 Å². The first-order valence-electron chi connectivity index (χ1n) is 6.34. The predicted octanol–water partition coefficient (Wildman–Crippen LogP) is 1.44. The molecule has 110 valence electrons. The van der Waals surface area contributed by atoms with Gasteiger partial charge in [-0.3, -0.25) is 9.59 Å². The van der Waals surface area contributed by atoms with Crippen LogP contribution in [-0.4, -0.2) is 23.9 Å². The Bertz CT molecular complexity index is 510. The fraction of sp³-hybridized carbons (Fsp3) is 0.429. The van der Waals surface area contributed by atoms with E-state index in [0.717, 1.165) is 0 Å². The first kappa shape index (κ1) is 15.9. The Labute approximate surface area is 117 Å². The Hall–Kier alpha value is -2.11. The summed E-state index contributed by atoms with van der Waals surface area (Å²) in [6, 6.07) is 4.03. The fourth-order valence-electron chi connectivity index (χ4n) is 1.60. The first-order valence-corrected chi connectivity index (χ1v) is 6.34.